The van der Waals surface area contributed by atoms with Crippen molar-refractivity contribution in [1.82, 2.24) is 5.32 Å². The normalized spacial score (nSPS) is 32.7. The third-order valence-electron chi connectivity index (χ3n) is 1.69. The summed E-state index contributed by atoms with van der Waals surface area (Å²) in [5, 5.41) is 3.30. The minimum absolute atomic E-state index is 0. The molecule has 3 heteroatoms. The lowest BCUT2D eigenvalue weighted by atomic mass is 9.92. The van der Waals surface area contributed by atoms with Crippen LogP contribution in [-0.4, -0.2) is 25.8 Å². The van der Waals surface area contributed by atoms with Crippen LogP contribution >= 0.6 is 12.4 Å². The summed E-state index contributed by atoms with van der Waals surface area (Å²) in [6, 6.07) is 0. The molecule has 0 radical (unpaired) electrons. The molecule has 0 aromatic rings. The maximum atomic E-state index is 4.99. The molecule has 1 unspecified atom stereocenters. The summed E-state index contributed by atoms with van der Waals surface area (Å²) in [7, 11) is 1.74. The van der Waals surface area contributed by atoms with Gasteiger partial charge < -0.3 is 10.1 Å². The molecule has 56 valence electrons. The molecule has 1 aliphatic heterocycles. The first-order valence-corrected chi connectivity index (χ1v) is 3.01. The highest BCUT2D eigenvalue weighted by Gasteiger charge is 2.30. The van der Waals surface area contributed by atoms with E-state index >= 15 is 0 Å². The van der Waals surface area contributed by atoms with Crippen LogP contribution in [0.15, 0.2) is 0 Å². The molecule has 1 atom stereocenters. The van der Waals surface area contributed by atoms with Gasteiger partial charge in [-0.05, 0) is 19.9 Å². The summed E-state index contributed by atoms with van der Waals surface area (Å²) in [5.74, 6) is 0. The molecule has 1 fully saturated rings. The largest absolute Gasteiger partial charge is 0.383 e. The molecule has 1 aliphatic rings. The summed E-state index contributed by atoms with van der Waals surface area (Å²) in [4.78, 5) is 0. The van der Waals surface area contributed by atoms with Gasteiger partial charge in [0.1, 0.15) is 0 Å². The highest BCUT2D eigenvalue weighted by atomic mass is 35.5. The summed E-state index contributed by atoms with van der Waals surface area (Å²) in [6.45, 7) is 4.17. The van der Waals surface area contributed by atoms with Crippen molar-refractivity contribution >= 4 is 12.4 Å². The average molecular weight is 152 g/mol. The third kappa shape index (κ3) is 2.12. The standard InChI is InChI=1S/C6H13NO.ClH/c1-6(5-8-2)3-4-7-6;/h7H,3-5H2,1-2H3;1H. The van der Waals surface area contributed by atoms with Crippen LogP contribution in [0.3, 0.4) is 0 Å². The Morgan fingerprint density at radius 1 is 1.67 bits per heavy atom. The van der Waals surface area contributed by atoms with Crippen LogP contribution in [0, 0.1) is 0 Å². The number of halogens is 1. The second kappa shape index (κ2) is 3.40. The fourth-order valence-corrected chi connectivity index (χ4v) is 0.994. The van der Waals surface area contributed by atoms with E-state index in [0.29, 0.717) is 5.54 Å². The van der Waals surface area contributed by atoms with Gasteiger partial charge in [0.05, 0.1) is 6.61 Å². The maximum Gasteiger partial charge on any atom is 0.0642 e. The predicted molar refractivity (Wildman–Crippen MR) is 40.1 cm³/mol. The number of methoxy groups -OCH3 is 1. The van der Waals surface area contributed by atoms with Gasteiger partial charge in [-0.15, -0.1) is 12.4 Å². The van der Waals surface area contributed by atoms with Gasteiger partial charge in [0.2, 0.25) is 0 Å². The smallest absolute Gasteiger partial charge is 0.0642 e. The molecular weight excluding hydrogens is 138 g/mol. The molecule has 9 heavy (non-hydrogen) atoms. The zero-order valence-corrected chi connectivity index (χ0v) is 6.75. The van der Waals surface area contributed by atoms with Crippen LogP contribution in [0.4, 0.5) is 0 Å². The Morgan fingerprint density at radius 2 is 2.22 bits per heavy atom. The average Bonchev–Trinajstić information content (AvgIpc) is 1.64. The van der Waals surface area contributed by atoms with Crippen LogP contribution < -0.4 is 5.32 Å². The first-order chi connectivity index (χ1) is 3.77. The molecule has 2 nitrogen and oxygen atoms in total. The SMILES string of the molecule is COCC1(C)CCN1.Cl. The van der Waals surface area contributed by atoms with E-state index in [1.54, 1.807) is 7.11 Å². The Bertz CT molecular complexity index is 83.1. The molecule has 0 bridgehead atoms. The molecule has 0 aliphatic carbocycles. The van der Waals surface area contributed by atoms with E-state index in [1.165, 1.54) is 6.42 Å². The fourth-order valence-electron chi connectivity index (χ4n) is 0.994. The quantitative estimate of drug-likeness (QED) is 0.631. The van der Waals surface area contributed by atoms with Crippen LogP contribution in [0.2, 0.25) is 0 Å². The molecule has 0 amide bonds. The monoisotopic (exact) mass is 151 g/mol. The molecule has 0 aromatic heterocycles. The van der Waals surface area contributed by atoms with Gasteiger partial charge in [0.15, 0.2) is 0 Å². The van der Waals surface area contributed by atoms with Crippen LogP contribution in [0.25, 0.3) is 0 Å². The van der Waals surface area contributed by atoms with Crippen molar-refractivity contribution in [2.24, 2.45) is 0 Å². The third-order valence-corrected chi connectivity index (χ3v) is 1.69. The maximum absolute atomic E-state index is 4.99. The lowest BCUT2D eigenvalue weighted by Crippen LogP contribution is -2.57. The lowest BCUT2D eigenvalue weighted by molar-refractivity contribution is 0.0780. The van der Waals surface area contributed by atoms with E-state index < -0.39 is 0 Å². The molecule has 0 spiro atoms. The summed E-state index contributed by atoms with van der Waals surface area (Å²) >= 11 is 0. The van der Waals surface area contributed by atoms with E-state index in [4.69, 9.17) is 4.74 Å². The Kier molecular flexibility index (Phi) is 3.48. The van der Waals surface area contributed by atoms with Crippen LogP contribution in [0.1, 0.15) is 13.3 Å². The van der Waals surface area contributed by atoms with Gasteiger partial charge in [-0.1, -0.05) is 0 Å². The first-order valence-electron chi connectivity index (χ1n) is 3.01. The molecule has 1 N–H and O–H groups in total. The number of nitrogens with one attached hydrogen (secondary N) is 1. The number of ether oxygens (including phenoxy) is 1. The van der Waals surface area contributed by atoms with Crippen LogP contribution in [-0.2, 0) is 4.74 Å². The predicted octanol–water partition coefficient (Wildman–Crippen LogP) is 0.807. The Morgan fingerprint density at radius 3 is 2.33 bits per heavy atom. The topological polar surface area (TPSA) is 21.3 Å². The summed E-state index contributed by atoms with van der Waals surface area (Å²) in [6.07, 6.45) is 1.25. The van der Waals surface area contributed by atoms with E-state index in [9.17, 15) is 0 Å². The van der Waals surface area contributed by atoms with E-state index in [0.717, 1.165) is 13.2 Å². The van der Waals surface area contributed by atoms with E-state index in [2.05, 4.69) is 12.2 Å². The molecule has 1 heterocycles. The van der Waals surface area contributed by atoms with Crippen molar-refractivity contribution in [3.05, 3.63) is 0 Å². The molecule has 0 aromatic carbocycles. The first kappa shape index (κ1) is 9.21. The second-order valence-corrected chi connectivity index (χ2v) is 2.67. The zero-order valence-electron chi connectivity index (χ0n) is 5.94. The highest BCUT2D eigenvalue weighted by molar-refractivity contribution is 5.85. The van der Waals surface area contributed by atoms with E-state index in [-0.39, 0.29) is 12.4 Å². The molecule has 1 rings (SSSR count). The van der Waals surface area contributed by atoms with Gasteiger partial charge in [-0.3, -0.25) is 0 Å². The number of hydrogen-bond acceptors (Lipinski definition) is 2. The van der Waals surface area contributed by atoms with Gasteiger partial charge in [-0.25, -0.2) is 0 Å². The van der Waals surface area contributed by atoms with Crippen molar-refractivity contribution in [2.75, 3.05) is 20.3 Å². The highest BCUT2D eigenvalue weighted by Crippen LogP contribution is 2.16. The zero-order chi connectivity index (χ0) is 6.04. The molecular formula is C6H14ClNO. The van der Waals surface area contributed by atoms with Crippen molar-refractivity contribution in [3.8, 4) is 0 Å². The second-order valence-electron chi connectivity index (χ2n) is 2.67. The number of hydrogen-bond donors (Lipinski definition) is 1. The van der Waals surface area contributed by atoms with Crippen molar-refractivity contribution in [1.29, 1.82) is 0 Å². The summed E-state index contributed by atoms with van der Waals surface area (Å²) < 4.78 is 4.99. The van der Waals surface area contributed by atoms with Crippen molar-refractivity contribution in [2.45, 2.75) is 18.9 Å². The van der Waals surface area contributed by atoms with Gasteiger partial charge in [0.25, 0.3) is 0 Å². The van der Waals surface area contributed by atoms with E-state index in [1.807, 2.05) is 0 Å². The summed E-state index contributed by atoms with van der Waals surface area (Å²) in [5.41, 5.74) is 0.300. The Balaban J connectivity index is 0.000000640. The van der Waals surface area contributed by atoms with Crippen LogP contribution in [0.5, 0.6) is 0 Å². The van der Waals surface area contributed by atoms with Crippen molar-refractivity contribution < 1.29 is 4.74 Å². The molecule has 0 saturated carbocycles. The fraction of sp³-hybridized carbons (Fsp3) is 1.00. The minimum Gasteiger partial charge on any atom is -0.383 e. The van der Waals surface area contributed by atoms with Gasteiger partial charge >= 0.3 is 0 Å². The number of rotatable bonds is 2. The lowest BCUT2D eigenvalue weighted by Gasteiger charge is -2.39. The Hall–Kier alpha value is 0.210. The van der Waals surface area contributed by atoms with Gasteiger partial charge in [0, 0.05) is 12.6 Å². The van der Waals surface area contributed by atoms with Gasteiger partial charge in [-0.2, -0.15) is 0 Å². The molecule has 1 saturated heterocycles. The Labute approximate surface area is 62.4 Å². The minimum atomic E-state index is 0. The van der Waals surface area contributed by atoms with Crippen molar-refractivity contribution in [3.63, 3.8) is 0 Å².